The summed E-state index contributed by atoms with van der Waals surface area (Å²) in [7, 11) is -1.88. The minimum absolute atomic E-state index is 0.0955. The lowest BCUT2D eigenvalue weighted by molar-refractivity contribution is -0.116. The van der Waals surface area contributed by atoms with Crippen molar-refractivity contribution in [1.29, 1.82) is 0 Å². The third kappa shape index (κ3) is 4.70. The van der Waals surface area contributed by atoms with Gasteiger partial charge < -0.3 is 10.2 Å². The number of carbonyl (C=O) groups excluding carboxylic acids is 1. The highest BCUT2D eigenvalue weighted by molar-refractivity contribution is 7.90. The number of nitrogens with one attached hydrogen (secondary N) is 1. The van der Waals surface area contributed by atoms with E-state index in [0.717, 1.165) is 17.8 Å². The fraction of sp³-hybridized carbons (Fsp3) is 0.333. The second-order valence-electron chi connectivity index (χ2n) is 6.16. The number of sulfonamides is 1. The summed E-state index contributed by atoms with van der Waals surface area (Å²) in [6, 6.07) is 10.1. The number of aryl methyl sites for hydroxylation is 1. The summed E-state index contributed by atoms with van der Waals surface area (Å²) >= 11 is 1.63. The van der Waals surface area contributed by atoms with Crippen LogP contribution >= 0.6 is 11.3 Å². The van der Waals surface area contributed by atoms with Crippen LogP contribution in [0.4, 0.5) is 5.69 Å². The van der Waals surface area contributed by atoms with Crippen LogP contribution in [0.1, 0.15) is 24.1 Å². The molecule has 8 heteroatoms. The van der Waals surface area contributed by atoms with Gasteiger partial charge in [0.25, 0.3) is 10.0 Å². The molecule has 26 heavy (non-hydrogen) atoms. The van der Waals surface area contributed by atoms with E-state index >= 15 is 0 Å². The Morgan fingerprint density at radius 2 is 2.04 bits per heavy atom. The van der Waals surface area contributed by atoms with E-state index in [4.69, 9.17) is 0 Å². The number of hydrogen-bond donors (Lipinski definition) is 1. The summed E-state index contributed by atoms with van der Waals surface area (Å²) in [5.74, 6) is 0.498. The summed E-state index contributed by atoms with van der Waals surface area (Å²) in [6.07, 6.45) is 2.68. The first kappa shape index (κ1) is 18.6. The van der Waals surface area contributed by atoms with Crippen LogP contribution in [0.2, 0.25) is 0 Å². The molecule has 1 aromatic carbocycles. The number of thiophene rings is 1. The highest BCUT2D eigenvalue weighted by Crippen LogP contribution is 2.19. The van der Waals surface area contributed by atoms with Crippen molar-refractivity contribution < 1.29 is 13.2 Å². The number of hydrogen-bond acceptors (Lipinski definition) is 4. The van der Waals surface area contributed by atoms with Crippen molar-refractivity contribution in [2.45, 2.75) is 30.6 Å². The molecule has 0 atom stereocenters. The zero-order valence-electron chi connectivity index (χ0n) is 14.5. The predicted octanol–water partition coefficient (Wildman–Crippen LogP) is 3.13. The largest absolute Gasteiger partial charge is 0.362 e. The fourth-order valence-electron chi connectivity index (χ4n) is 2.73. The van der Waals surface area contributed by atoms with E-state index in [0.29, 0.717) is 30.8 Å². The number of carbonyl (C=O) groups is 1. The molecule has 0 saturated carbocycles. The molecule has 0 bridgehead atoms. The van der Waals surface area contributed by atoms with Crippen molar-refractivity contribution in [1.82, 2.24) is 4.90 Å². The van der Waals surface area contributed by atoms with Crippen molar-refractivity contribution in [3.63, 3.8) is 0 Å². The zero-order valence-corrected chi connectivity index (χ0v) is 16.1. The number of benzene rings is 1. The minimum Gasteiger partial charge on any atom is -0.362 e. The monoisotopic (exact) mass is 391 g/mol. The molecule has 0 unspecified atom stereocenters. The second kappa shape index (κ2) is 8.01. The number of nitrogens with zero attached hydrogens (tertiary/aromatic N) is 2. The highest BCUT2D eigenvalue weighted by atomic mass is 32.2. The van der Waals surface area contributed by atoms with Crippen molar-refractivity contribution >= 4 is 38.8 Å². The maximum absolute atomic E-state index is 12.4. The fourth-order valence-corrected chi connectivity index (χ4v) is 4.53. The van der Waals surface area contributed by atoms with Crippen molar-refractivity contribution in [2.75, 3.05) is 18.9 Å². The third-order valence-corrected chi connectivity index (χ3v) is 6.43. The third-order valence-electron chi connectivity index (χ3n) is 4.17. The van der Waals surface area contributed by atoms with E-state index in [-0.39, 0.29) is 10.8 Å². The van der Waals surface area contributed by atoms with Gasteiger partial charge in [-0.2, -0.15) is 8.42 Å². The first-order chi connectivity index (χ1) is 12.4. The van der Waals surface area contributed by atoms with Crippen molar-refractivity contribution in [2.24, 2.45) is 4.40 Å². The molecule has 0 spiro atoms. The maximum Gasteiger partial charge on any atom is 0.283 e. The van der Waals surface area contributed by atoms with E-state index in [1.807, 2.05) is 29.5 Å². The molecule has 1 aromatic heterocycles. The number of rotatable bonds is 6. The Hall–Kier alpha value is -2.19. The van der Waals surface area contributed by atoms with Gasteiger partial charge in [-0.3, -0.25) is 4.79 Å². The Bertz CT molecular complexity index is 888. The van der Waals surface area contributed by atoms with Crippen LogP contribution < -0.4 is 5.32 Å². The van der Waals surface area contributed by atoms with Crippen LogP contribution in [0.5, 0.6) is 0 Å². The average molecular weight is 392 g/mol. The maximum atomic E-state index is 12.4. The summed E-state index contributed by atoms with van der Waals surface area (Å²) in [5, 5.41) is 4.78. The summed E-state index contributed by atoms with van der Waals surface area (Å²) in [4.78, 5) is 15.2. The van der Waals surface area contributed by atoms with E-state index < -0.39 is 10.0 Å². The van der Waals surface area contributed by atoms with Crippen LogP contribution in [0, 0.1) is 0 Å². The van der Waals surface area contributed by atoms with E-state index in [9.17, 15) is 13.2 Å². The molecule has 2 heterocycles. The lowest BCUT2D eigenvalue weighted by atomic mass is 10.2. The number of likely N-dealkylation sites (tertiary alicyclic amines) is 1. The van der Waals surface area contributed by atoms with Gasteiger partial charge >= 0.3 is 0 Å². The zero-order chi connectivity index (χ0) is 18.6. The van der Waals surface area contributed by atoms with Crippen molar-refractivity contribution in [3.8, 4) is 0 Å². The highest BCUT2D eigenvalue weighted by Gasteiger charge is 2.20. The molecule has 1 aliphatic heterocycles. The quantitative estimate of drug-likeness (QED) is 0.820. The number of amides is 1. The minimum atomic E-state index is -3.73. The van der Waals surface area contributed by atoms with Gasteiger partial charge in [-0.15, -0.1) is 15.7 Å². The van der Waals surface area contributed by atoms with Gasteiger partial charge in [-0.05, 0) is 48.6 Å². The number of amidine groups is 1. The Balaban J connectivity index is 1.61. The average Bonchev–Trinajstić information content (AvgIpc) is 3.26. The first-order valence-electron chi connectivity index (χ1n) is 8.41. The Morgan fingerprint density at radius 3 is 2.65 bits per heavy atom. The lowest BCUT2D eigenvalue weighted by Crippen LogP contribution is -2.20. The molecule has 1 N–H and O–H groups in total. The van der Waals surface area contributed by atoms with E-state index in [1.165, 1.54) is 12.1 Å². The molecule has 138 valence electrons. The van der Waals surface area contributed by atoms with Gasteiger partial charge in [0.1, 0.15) is 5.84 Å². The first-order valence-corrected chi connectivity index (χ1v) is 10.7. The summed E-state index contributed by atoms with van der Waals surface area (Å²) in [6.45, 7) is 0.824. The van der Waals surface area contributed by atoms with E-state index in [2.05, 4.69) is 9.71 Å². The van der Waals surface area contributed by atoms with E-state index in [1.54, 1.807) is 23.5 Å². The molecular formula is C18H21N3O3S2. The van der Waals surface area contributed by atoms with Gasteiger partial charge in [0, 0.05) is 37.0 Å². The normalized spacial score (nSPS) is 16.2. The number of anilines is 1. The van der Waals surface area contributed by atoms with Crippen molar-refractivity contribution in [3.05, 3.63) is 46.7 Å². The van der Waals surface area contributed by atoms with Crippen LogP contribution in [-0.2, 0) is 21.2 Å². The van der Waals surface area contributed by atoms with Crippen LogP contribution in [0.25, 0.3) is 0 Å². The molecule has 3 rings (SSSR count). The Morgan fingerprint density at radius 1 is 1.27 bits per heavy atom. The van der Waals surface area contributed by atoms with Gasteiger partial charge in [0.2, 0.25) is 5.91 Å². The van der Waals surface area contributed by atoms with Crippen LogP contribution in [0.15, 0.2) is 51.1 Å². The van der Waals surface area contributed by atoms with Gasteiger partial charge in [-0.1, -0.05) is 6.07 Å². The SMILES string of the molecule is CN1CCC/C1=N\S(=O)(=O)c1ccc(NC(=O)CCc2cccs2)cc1. The van der Waals surface area contributed by atoms with Gasteiger partial charge in [0.05, 0.1) is 4.90 Å². The molecular weight excluding hydrogens is 370 g/mol. The molecule has 6 nitrogen and oxygen atoms in total. The molecule has 0 radical (unpaired) electrons. The predicted molar refractivity (Wildman–Crippen MR) is 104 cm³/mol. The molecule has 2 aromatic rings. The topological polar surface area (TPSA) is 78.8 Å². The summed E-state index contributed by atoms with van der Waals surface area (Å²) < 4.78 is 28.7. The molecule has 1 fully saturated rings. The standard InChI is InChI=1S/C18H21N3O3S2/c1-21-12-2-5-17(21)20-26(23,24)16-9-6-14(7-10-16)19-18(22)11-8-15-4-3-13-25-15/h3-4,6-7,9-10,13H,2,5,8,11-12H2,1H3,(H,19,22)/b20-17+. The Labute approximate surface area is 157 Å². The Kier molecular flexibility index (Phi) is 5.73. The molecule has 0 aliphatic carbocycles. The molecule has 1 amide bonds. The smallest absolute Gasteiger partial charge is 0.283 e. The van der Waals surface area contributed by atoms with Crippen LogP contribution in [-0.4, -0.2) is 38.7 Å². The van der Waals surface area contributed by atoms with Crippen LogP contribution in [0.3, 0.4) is 0 Å². The van der Waals surface area contributed by atoms with Gasteiger partial charge in [-0.25, -0.2) is 0 Å². The lowest BCUT2D eigenvalue weighted by Gasteiger charge is -2.11. The second-order valence-corrected chi connectivity index (χ2v) is 8.80. The molecule has 1 aliphatic rings. The van der Waals surface area contributed by atoms with Gasteiger partial charge in [0.15, 0.2) is 0 Å². The molecule has 1 saturated heterocycles. The summed E-state index contributed by atoms with van der Waals surface area (Å²) in [5.41, 5.74) is 0.575.